The van der Waals surface area contributed by atoms with Crippen LogP contribution in [0.15, 0.2) is 18.2 Å². The number of nitrogens with zero attached hydrogens (tertiary/aromatic N) is 2. The molecule has 21 heavy (non-hydrogen) atoms. The standard InChI is InChI=1S/C12H11ClN4O4/c13-8-3-7(4-14)1-2-9(8)16-12(21)17(5-10(15)18)6-11(19)20/h1-3H,5-6H2,(H2,15,18)(H,16,21)(H,19,20). The van der Waals surface area contributed by atoms with Crippen LogP contribution >= 0.6 is 11.6 Å². The van der Waals surface area contributed by atoms with Gasteiger partial charge >= 0.3 is 12.0 Å². The van der Waals surface area contributed by atoms with E-state index in [4.69, 9.17) is 27.7 Å². The first-order chi connectivity index (χ1) is 9.83. The van der Waals surface area contributed by atoms with Gasteiger partial charge < -0.3 is 21.1 Å². The maximum atomic E-state index is 11.9. The molecule has 0 radical (unpaired) electrons. The maximum Gasteiger partial charge on any atom is 0.323 e. The van der Waals surface area contributed by atoms with Gasteiger partial charge in [0.15, 0.2) is 0 Å². The summed E-state index contributed by atoms with van der Waals surface area (Å²) in [6, 6.07) is 5.19. The zero-order valence-electron chi connectivity index (χ0n) is 10.7. The van der Waals surface area contributed by atoms with Crippen molar-refractivity contribution in [3.63, 3.8) is 0 Å². The number of nitrogens with two attached hydrogens (primary N) is 1. The quantitative estimate of drug-likeness (QED) is 0.732. The summed E-state index contributed by atoms with van der Waals surface area (Å²) in [4.78, 5) is 34.1. The molecular formula is C12H11ClN4O4. The number of urea groups is 1. The number of anilines is 1. The summed E-state index contributed by atoms with van der Waals surface area (Å²) in [6.07, 6.45) is 0. The van der Waals surface area contributed by atoms with Gasteiger partial charge in [-0.05, 0) is 18.2 Å². The molecule has 0 bridgehead atoms. The van der Waals surface area contributed by atoms with Crippen molar-refractivity contribution in [3.05, 3.63) is 28.8 Å². The van der Waals surface area contributed by atoms with Gasteiger partial charge in [-0.2, -0.15) is 5.26 Å². The van der Waals surface area contributed by atoms with E-state index in [0.29, 0.717) is 5.56 Å². The van der Waals surface area contributed by atoms with E-state index in [-0.39, 0.29) is 10.7 Å². The van der Waals surface area contributed by atoms with Gasteiger partial charge in [-0.15, -0.1) is 0 Å². The molecule has 0 heterocycles. The Morgan fingerprint density at radius 2 is 2.05 bits per heavy atom. The van der Waals surface area contributed by atoms with Crippen molar-refractivity contribution < 1.29 is 19.5 Å². The number of carbonyl (C=O) groups excluding carboxylic acids is 2. The van der Waals surface area contributed by atoms with Crippen molar-refractivity contribution in [1.82, 2.24) is 4.90 Å². The molecule has 110 valence electrons. The monoisotopic (exact) mass is 310 g/mol. The van der Waals surface area contributed by atoms with Gasteiger partial charge in [-0.25, -0.2) is 4.79 Å². The van der Waals surface area contributed by atoms with Crippen molar-refractivity contribution in [2.24, 2.45) is 5.73 Å². The smallest absolute Gasteiger partial charge is 0.323 e. The van der Waals surface area contributed by atoms with E-state index in [2.05, 4.69) is 5.32 Å². The van der Waals surface area contributed by atoms with Gasteiger partial charge in [0.2, 0.25) is 5.91 Å². The highest BCUT2D eigenvalue weighted by Crippen LogP contribution is 2.23. The molecule has 0 saturated heterocycles. The molecule has 8 nitrogen and oxygen atoms in total. The van der Waals surface area contributed by atoms with Crippen molar-refractivity contribution in [2.45, 2.75) is 0 Å². The molecule has 0 unspecified atom stereocenters. The lowest BCUT2D eigenvalue weighted by Gasteiger charge is -2.19. The molecule has 1 aromatic carbocycles. The van der Waals surface area contributed by atoms with Crippen LogP contribution in [0.2, 0.25) is 5.02 Å². The second-order valence-corrected chi connectivity index (χ2v) is 4.36. The van der Waals surface area contributed by atoms with Crippen molar-refractivity contribution in [3.8, 4) is 6.07 Å². The van der Waals surface area contributed by atoms with E-state index >= 15 is 0 Å². The minimum atomic E-state index is -1.29. The highest BCUT2D eigenvalue weighted by molar-refractivity contribution is 6.33. The average Bonchev–Trinajstić information content (AvgIpc) is 2.39. The van der Waals surface area contributed by atoms with Gasteiger partial charge in [0.25, 0.3) is 0 Å². The fraction of sp³-hybridized carbons (Fsp3) is 0.167. The van der Waals surface area contributed by atoms with Gasteiger partial charge in [0.1, 0.15) is 13.1 Å². The van der Waals surface area contributed by atoms with Crippen molar-refractivity contribution in [1.29, 1.82) is 5.26 Å². The van der Waals surface area contributed by atoms with E-state index in [9.17, 15) is 14.4 Å². The number of carboxylic acid groups (broad SMARTS) is 1. The lowest BCUT2D eigenvalue weighted by atomic mass is 10.2. The Kier molecular flexibility index (Phi) is 5.51. The third-order valence-electron chi connectivity index (χ3n) is 2.30. The summed E-state index contributed by atoms with van der Waals surface area (Å²) in [5.41, 5.74) is 5.44. The fourth-order valence-electron chi connectivity index (χ4n) is 1.43. The van der Waals surface area contributed by atoms with Crippen molar-refractivity contribution in [2.75, 3.05) is 18.4 Å². The second-order valence-electron chi connectivity index (χ2n) is 3.95. The SMILES string of the molecule is N#Cc1ccc(NC(=O)N(CC(N)=O)CC(=O)O)c(Cl)c1. The summed E-state index contributed by atoms with van der Waals surface area (Å²) in [6.45, 7) is -1.24. The lowest BCUT2D eigenvalue weighted by Crippen LogP contribution is -2.43. The molecule has 0 spiro atoms. The highest BCUT2D eigenvalue weighted by Gasteiger charge is 2.19. The first-order valence-corrected chi connectivity index (χ1v) is 5.97. The number of carboxylic acids is 1. The summed E-state index contributed by atoms with van der Waals surface area (Å²) >= 11 is 5.88. The van der Waals surface area contributed by atoms with E-state index in [1.54, 1.807) is 0 Å². The molecule has 0 fully saturated rings. The molecule has 0 aliphatic rings. The number of nitrogens with one attached hydrogen (secondary N) is 1. The number of nitriles is 1. The normalized spacial score (nSPS) is 9.52. The fourth-order valence-corrected chi connectivity index (χ4v) is 1.66. The number of aliphatic carboxylic acids is 1. The lowest BCUT2D eigenvalue weighted by molar-refractivity contribution is -0.137. The van der Waals surface area contributed by atoms with Gasteiger partial charge in [0.05, 0.1) is 22.3 Å². The minimum absolute atomic E-state index is 0.108. The van der Waals surface area contributed by atoms with Crippen LogP contribution in [-0.4, -0.2) is 41.0 Å². The number of halogens is 1. The number of rotatable bonds is 5. The Labute approximate surface area is 124 Å². The van der Waals surface area contributed by atoms with Gasteiger partial charge in [-0.1, -0.05) is 11.6 Å². The van der Waals surface area contributed by atoms with Crippen LogP contribution in [-0.2, 0) is 9.59 Å². The van der Waals surface area contributed by atoms with Gasteiger partial charge in [-0.3, -0.25) is 9.59 Å². The first-order valence-electron chi connectivity index (χ1n) is 5.59. The minimum Gasteiger partial charge on any atom is -0.480 e. The molecule has 3 amide bonds. The van der Waals surface area contributed by atoms with Crippen LogP contribution in [0.1, 0.15) is 5.56 Å². The summed E-state index contributed by atoms with van der Waals surface area (Å²) < 4.78 is 0. The molecule has 4 N–H and O–H groups in total. The number of hydrogen-bond acceptors (Lipinski definition) is 4. The molecular weight excluding hydrogens is 300 g/mol. The Morgan fingerprint density at radius 1 is 1.38 bits per heavy atom. The highest BCUT2D eigenvalue weighted by atomic mass is 35.5. The molecule has 0 saturated carbocycles. The number of hydrogen-bond donors (Lipinski definition) is 3. The summed E-state index contributed by atoms with van der Waals surface area (Å²) in [7, 11) is 0. The predicted molar refractivity (Wildman–Crippen MR) is 73.6 cm³/mol. The Morgan fingerprint density at radius 3 is 2.52 bits per heavy atom. The molecule has 1 rings (SSSR count). The Balaban J connectivity index is 2.88. The molecule has 9 heteroatoms. The van der Waals surface area contributed by atoms with Crippen LogP contribution in [0, 0.1) is 11.3 Å². The molecule has 0 aromatic heterocycles. The Hall–Kier alpha value is -2.79. The molecule has 0 atom stereocenters. The molecule has 0 aliphatic heterocycles. The zero-order chi connectivity index (χ0) is 16.0. The second kappa shape index (κ2) is 7.12. The van der Waals surface area contributed by atoms with E-state index in [1.807, 2.05) is 6.07 Å². The summed E-state index contributed by atoms with van der Waals surface area (Å²) in [5.74, 6) is -2.14. The third-order valence-corrected chi connectivity index (χ3v) is 2.61. The van der Waals surface area contributed by atoms with Crippen LogP contribution < -0.4 is 11.1 Å². The number of benzene rings is 1. The number of amides is 3. The number of carbonyl (C=O) groups is 3. The third kappa shape index (κ3) is 5.00. The van der Waals surface area contributed by atoms with Crippen LogP contribution in [0.3, 0.4) is 0 Å². The van der Waals surface area contributed by atoms with E-state index < -0.39 is 31.0 Å². The van der Waals surface area contributed by atoms with Crippen LogP contribution in [0.25, 0.3) is 0 Å². The molecule has 1 aromatic rings. The Bertz CT molecular complexity index is 610. The predicted octanol–water partition coefficient (Wildman–Crippen LogP) is 0.615. The largest absolute Gasteiger partial charge is 0.480 e. The van der Waals surface area contributed by atoms with Crippen LogP contribution in [0.5, 0.6) is 0 Å². The topological polar surface area (TPSA) is 137 Å². The van der Waals surface area contributed by atoms with Crippen molar-refractivity contribution >= 4 is 35.2 Å². The maximum absolute atomic E-state index is 11.9. The first kappa shape index (κ1) is 16.3. The average molecular weight is 311 g/mol. The van der Waals surface area contributed by atoms with E-state index in [1.165, 1.54) is 18.2 Å². The van der Waals surface area contributed by atoms with E-state index in [0.717, 1.165) is 4.90 Å². The summed E-state index contributed by atoms with van der Waals surface area (Å²) in [5, 5.41) is 19.9. The molecule has 0 aliphatic carbocycles. The number of primary amides is 1. The zero-order valence-corrected chi connectivity index (χ0v) is 11.4. The van der Waals surface area contributed by atoms with Crippen LogP contribution in [0.4, 0.5) is 10.5 Å². The van der Waals surface area contributed by atoms with Gasteiger partial charge in [0, 0.05) is 0 Å².